The van der Waals surface area contributed by atoms with E-state index in [4.69, 9.17) is 37.9 Å². The first-order valence-electron chi connectivity index (χ1n) is 39.0. The zero-order chi connectivity index (χ0) is 82.9. The van der Waals surface area contributed by atoms with E-state index in [9.17, 15) is 101 Å². The highest BCUT2D eigenvalue weighted by Gasteiger charge is 2.60. The number of aromatic nitrogens is 3. The number of phenols is 4. The van der Waals surface area contributed by atoms with Crippen LogP contribution in [0, 0.1) is 5.92 Å². The van der Waals surface area contributed by atoms with Gasteiger partial charge < -0.3 is 152 Å². The molecule has 4 aliphatic carbocycles. The van der Waals surface area contributed by atoms with Crippen LogP contribution in [0.4, 0.5) is 0 Å². The predicted octanol–water partition coefficient (Wildman–Crippen LogP) is -2.22. The van der Waals surface area contributed by atoms with Crippen molar-refractivity contribution in [3.05, 3.63) is 141 Å². The number of likely N-dealkylation sites (tertiary alicyclic amines) is 1. The van der Waals surface area contributed by atoms with Gasteiger partial charge in [-0.05, 0) is 90.5 Å². The summed E-state index contributed by atoms with van der Waals surface area (Å²) in [5, 5.41) is 196. The van der Waals surface area contributed by atoms with E-state index in [1.807, 2.05) is 74.5 Å². The van der Waals surface area contributed by atoms with Gasteiger partial charge in [0.05, 0.1) is 77.0 Å². The van der Waals surface area contributed by atoms with Gasteiger partial charge in [0.15, 0.2) is 46.0 Å². The second kappa shape index (κ2) is 31.6. The van der Waals surface area contributed by atoms with Crippen molar-refractivity contribution in [2.24, 2.45) is 5.92 Å². The number of nitrogens with one attached hydrogen (secondary N) is 6. The van der Waals surface area contributed by atoms with Crippen molar-refractivity contribution in [3.63, 3.8) is 0 Å². The fraction of sp³-hybridized carbons (Fsp3) is 0.475. The predicted molar refractivity (Wildman–Crippen MR) is 402 cm³/mol. The molecule has 628 valence electrons. The summed E-state index contributed by atoms with van der Waals surface area (Å²) in [6.07, 6.45) is -11.8. The topological polar surface area (TPSA) is 572 Å². The quantitative estimate of drug-likeness (QED) is 0.0728. The third-order valence-corrected chi connectivity index (χ3v) is 24.8. The highest BCUT2D eigenvalue weighted by molar-refractivity contribution is 6.04. The molecule has 0 spiro atoms. The number of ether oxygens (including phenoxy) is 8. The van der Waals surface area contributed by atoms with E-state index in [2.05, 4.69) is 47.1 Å². The molecule has 4 amide bonds. The van der Waals surface area contributed by atoms with Gasteiger partial charge in [-0.1, -0.05) is 86.1 Å². The first-order valence-corrected chi connectivity index (χ1v) is 39.0. The van der Waals surface area contributed by atoms with Gasteiger partial charge in [-0.15, -0.1) is 5.10 Å². The number of aliphatic hydroxyl groups excluding tert-OH is 12. The lowest BCUT2D eigenvalue weighted by Crippen LogP contribution is -2.70. The minimum absolute atomic E-state index is 0.0165. The zero-order valence-electron chi connectivity index (χ0n) is 63.2. The Morgan fingerprint density at radius 2 is 0.763 bits per heavy atom. The van der Waals surface area contributed by atoms with Crippen molar-refractivity contribution >= 4 is 23.6 Å². The van der Waals surface area contributed by atoms with Crippen LogP contribution in [0.15, 0.2) is 91.1 Å². The molecule has 7 aromatic rings. The van der Waals surface area contributed by atoms with E-state index in [0.717, 1.165) is 43.5 Å². The summed E-state index contributed by atoms with van der Waals surface area (Å²) in [5.41, 5.74) is 4.11. The first kappa shape index (κ1) is 79.8. The number of carbonyl (C=O) groups is 4. The van der Waals surface area contributed by atoms with E-state index in [1.165, 1.54) is 4.68 Å². The maximum absolute atomic E-state index is 12.9. The number of phenolic OH excluding ortho intramolecular Hbond substituents is 4. The number of aliphatic hydroxyl groups is 12. The highest BCUT2D eigenvalue weighted by Crippen LogP contribution is 2.57. The molecular weight excluding hydrogens is 1550 g/mol. The van der Waals surface area contributed by atoms with Crippen molar-refractivity contribution in [2.75, 3.05) is 46.8 Å². The van der Waals surface area contributed by atoms with Crippen molar-refractivity contribution in [3.8, 4) is 80.3 Å². The summed E-state index contributed by atoms with van der Waals surface area (Å²) < 4.78 is 44.1. The van der Waals surface area contributed by atoms with Crippen LogP contribution in [0.25, 0.3) is 11.3 Å². The normalized spacial score (nSPS) is 33.0. The van der Waals surface area contributed by atoms with Crippen LogP contribution in [0.3, 0.4) is 0 Å². The Morgan fingerprint density at radius 3 is 1.16 bits per heavy atom. The molecule has 0 unspecified atom stereocenters. The fourth-order valence-corrected chi connectivity index (χ4v) is 19.2. The van der Waals surface area contributed by atoms with Gasteiger partial charge in [0.25, 0.3) is 23.6 Å². The average Bonchev–Trinajstić information content (AvgIpc) is 1.15. The number of hydrogen-bond donors (Lipinski definition) is 22. The monoisotopic (exact) mass is 1640 g/mol. The maximum Gasteiger partial charge on any atom is 0.255 e. The van der Waals surface area contributed by atoms with Gasteiger partial charge in [0, 0.05) is 53.9 Å². The van der Waals surface area contributed by atoms with E-state index < -0.39 is 169 Å². The first-order chi connectivity index (χ1) is 56.7. The number of rotatable bonds is 9. The van der Waals surface area contributed by atoms with Crippen LogP contribution in [0.1, 0.15) is 132 Å². The molecular formula is C80H90N10O28. The molecule has 10 heterocycles. The van der Waals surface area contributed by atoms with Gasteiger partial charge in [0.1, 0.15) is 60.6 Å². The van der Waals surface area contributed by atoms with Gasteiger partial charge >= 0.3 is 0 Å². The smallest absolute Gasteiger partial charge is 0.255 e. The Kier molecular flexibility index (Phi) is 21.3. The summed E-state index contributed by atoms with van der Waals surface area (Å²) >= 11 is 0. The van der Waals surface area contributed by atoms with Crippen molar-refractivity contribution in [2.45, 2.75) is 185 Å². The van der Waals surface area contributed by atoms with Crippen LogP contribution >= 0.6 is 0 Å². The Balaban J connectivity index is 0.000000113. The minimum atomic E-state index is -1.55. The van der Waals surface area contributed by atoms with E-state index in [1.54, 1.807) is 30.5 Å². The Labute approximate surface area is 670 Å². The lowest BCUT2D eigenvalue weighted by Gasteiger charge is -2.53. The van der Waals surface area contributed by atoms with Gasteiger partial charge in [-0.3, -0.25) is 24.1 Å². The van der Waals surface area contributed by atoms with Gasteiger partial charge in [-0.2, -0.15) is 0 Å². The van der Waals surface area contributed by atoms with E-state index >= 15 is 0 Å². The average molecular weight is 1640 g/mol. The number of hydrogen-bond acceptors (Lipinski definition) is 33. The standard InChI is InChI=1S/C22H20N4O7.C21H22N2O7.C19H24N2O7.C18H24N2O7/c27-17-14-10(6-12-21(17)33-8-32-12)13-15(23-22(14)31)18(28)20(30)19(29)16(13)26-7-11(24-25-26)9-4-2-1-3-5-9;24-16-13-10(6-11-20(16)30-8-29-11)12-14(22-7-9-4-2-1-3-5-9)17(25)19(27)18(26)15(12)23-21(13)28;22-14-11-8(6-9-18(14)28-7-27-9)10-12(20-19(11)26)15(23)17(25)16(24)13(10)21-4-2-1-3-5-21;1-6(2)4-19-11-9-7-3-8-17(27-5-26-8)13(21)10(7)18(25)20-12(9)15(23)16(24)14(11)22/h1-7,13,15-16,18-20,27-30H,8H2,(H,23,31);1-6,12,14-15,17-19,22,24-27H,7-8H2,(H,23,28);6,10,12-13,15-17,22-25H,1-5,7H2,(H,20,26);3,6,9,11-12,14-16,19,21-24H,4-5H2,1-2H3,(H,20,25)/t13-,15-,16-,18+,19+,20+;12-,14+,15+,17-,18-,19+;10-,12-,13-,15+,16+,17+;9-,11+,12+,14-,15-,16+/m1010/s1. The molecule has 1 aromatic heterocycles. The summed E-state index contributed by atoms with van der Waals surface area (Å²) in [6, 6.07) is 19.0. The number of piperidine rings is 1. The molecule has 9 aliphatic heterocycles. The molecule has 0 radical (unpaired) electrons. The van der Waals surface area contributed by atoms with Gasteiger partial charge in [-0.25, -0.2) is 4.68 Å². The summed E-state index contributed by atoms with van der Waals surface area (Å²) in [6.45, 7) is 6.17. The molecule has 38 nitrogen and oxygen atoms in total. The molecule has 6 aromatic carbocycles. The van der Waals surface area contributed by atoms with Crippen LogP contribution < -0.4 is 69.8 Å². The van der Waals surface area contributed by atoms with E-state index in [-0.39, 0.29) is 113 Å². The van der Waals surface area contributed by atoms with Crippen molar-refractivity contribution in [1.29, 1.82) is 0 Å². The molecule has 24 atom stereocenters. The molecule has 5 fully saturated rings. The third-order valence-electron chi connectivity index (χ3n) is 24.8. The molecule has 0 bridgehead atoms. The van der Waals surface area contributed by atoms with Gasteiger partial charge in [0.2, 0.25) is 50.2 Å². The Hall–Kier alpha value is -10.7. The van der Waals surface area contributed by atoms with Crippen LogP contribution in [-0.2, 0) is 6.54 Å². The summed E-state index contributed by atoms with van der Waals surface area (Å²) in [4.78, 5) is 53.1. The fourth-order valence-electron chi connectivity index (χ4n) is 19.2. The lowest BCUT2D eigenvalue weighted by atomic mass is 9.68. The third kappa shape index (κ3) is 13.4. The van der Waals surface area contributed by atoms with Crippen LogP contribution in [-0.4, -0.2) is 288 Å². The van der Waals surface area contributed by atoms with Crippen molar-refractivity contribution < 1.29 is 139 Å². The number of benzene rings is 6. The summed E-state index contributed by atoms with van der Waals surface area (Å²) in [7, 11) is 0. The Bertz CT molecular complexity index is 5020. The molecule has 118 heavy (non-hydrogen) atoms. The van der Waals surface area contributed by atoms with Crippen LogP contribution in [0.5, 0.6) is 69.0 Å². The highest BCUT2D eigenvalue weighted by atomic mass is 16.7. The zero-order valence-corrected chi connectivity index (χ0v) is 63.2. The molecule has 13 aliphatic rings. The number of aromatic hydroxyl groups is 4. The van der Waals surface area contributed by atoms with Crippen molar-refractivity contribution in [1.82, 2.24) is 51.8 Å². The maximum atomic E-state index is 12.9. The number of nitrogens with zero attached hydrogens (tertiary/aromatic N) is 4. The molecule has 38 heteroatoms. The molecule has 22 N–H and O–H groups in total. The summed E-state index contributed by atoms with van der Waals surface area (Å²) in [5.74, 6) is -4.36. The molecule has 20 rings (SSSR count). The second-order valence-corrected chi connectivity index (χ2v) is 31.9. The van der Waals surface area contributed by atoms with Crippen LogP contribution in [0.2, 0.25) is 0 Å². The number of carbonyl (C=O) groups excluding carboxylic acids is 4. The minimum Gasteiger partial charge on any atom is -0.504 e. The second-order valence-electron chi connectivity index (χ2n) is 31.9. The Morgan fingerprint density at radius 1 is 0.415 bits per heavy atom. The lowest BCUT2D eigenvalue weighted by molar-refractivity contribution is -0.142. The number of amides is 4. The SMILES string of the molecule is CC(C)CN[C@H]1[C@H](O)[C@@H](O)[C@@H](O)[C@@H]2NC(=O)c3c(cc4c(c3O)OCO4)[C@@H]12.O=C1N[C@H]2[C@H](O)[C@H](O)[C@@H](O)[C@H](N3CCCCC3)[C@@H]2c2cc3c(c(O)c21)OCO3.O=C1N[C@H]2[C@H](O)[C@H](O)[C@@H](O)[C@H](NCc3ccccc3)[C@@H]2c2cc3c(c(O)c21)OCO3.O=C1N[C@H]2[C@H](O)[C@H](O)[C@@H](O)[C@H](n3cc(-c4ccccc4)nn3)[C@@H]2c2cc3c(c(O)c21)OCO3. The molecule has 1 saturated heterocycles. The number of fused-ring (bicyclic) bond motifs is 16. The van der Waals surface area contributed by atoms with E-state index in [0.29, 0.717) is 52.5 Å². The largest absolute Gasteiger partial charge is 0.504 e. The molecule has 4 saturated carbocycles.